The fourth-order valence-electron chi connectivity index (χ4n) is 3.84. The summed E-state index contributed by atoms with van der Waals surface area (Å²) in [6.07, 6.45) is 6.42. The van der Waals surface area contributed by atoms with Crippen LogP contribution in [0, 0.1) is 28.9 Å². The van der Waals surface area contributed by atoms with Crippen molar-refractivity contribution in [2.75, 3.05) is 18.0 Å². The van der Waals surface area contributed by atoms with Gasteiger partial charge in [0.2, 0.25) is 5.82 Å². The second-order valence-corrected chi connectivity index (χ2v) is 7.48. The molecule has 29 heavy (non-hydrogen) atoms. The molecule has 2 aromatic rings. The summed E-state index contributed by atoms with van der Waals surface area (Å²) >= 11 is 0. The van der Waals surface area contributed by atoms with Crippen molar-refractivity contribution in [2.45, 2.75) is 37.9 Å². The van der Waals surface area contributed by atoms with Gasteiger partial charge in [-0.25, -0.2) is 4.98 Å². The molecule has 1 aromatic heterocycles. The Morgan fingerprint density at radius 2 is 1.97 bits per heavy atom. The van der Waals surface area contributed by atoms with E-state index < -0.39 is 0 Å². The van der Waals surface area contributed by atoms with E-state index >= 15 is 0 Å². The minimum Gasteiger partial charge on any atom is -0.355 e. The molecule has 6 heteroatoms. The summed E-state index contributed by atoms with van der Waals surface area (Å²) in [6, 6.07) is 13.1. The molecule has 0 N–H and O–H groups in total. The summed E-state index contributed by atoms with van der Waals surface area (Å²) in [5, 5.41) is 11.4. The first-order chi connectivity index (χ1) is 14.0. The Balaban J connectivity index is 1.46. The molecular formula is C23H23N3O3. The van der Waals surface area contributed by atoms with E-state index in [2.05, 4.69) is 29.0 Å². The monoisotopic (exact) mass is 389 g/mol. The minimum atomic E-state index is -0.363. The number of aryl methyl sites for hydroxylation is 1. The van der Waals surface area contributed by atoms with Crippen LogP contribution in [-0.4, -0.2) is 34.7 Å². The molecule has 1 spiro atoms. The number of hydrogen-bond donors (Lipinski definition) is 0. The van der Waals surface area contributed by atoms with E-state index in [9.17, 15) is 10.1 Å². The Morgan fingerprint density at radius 1 is 1.21 bits per heavy atom. The van der Waals surface area contributed by atoms with Crippen molar-refractivity contribution in [3.05, 3.63) is 76.0 Å². The predicted octanol–water partition coefficient (Wildman–Crippen LogP) is 4.03. The van der Waals surface area contributed by atoms with Gasteiger partial charge in [-0.15, -0.1) is 0 Å². The predicted molar refractivity (Wildman–Crippen MR) is 112 cm³/mol. The number of rotatable bonds is 2. The van der Waals surface area contributed by atoms with Gasteiger partial charge in [-0.1, -0.05) is 42.2 Å². The zero-order valence-electron chi connectivity index (χ0n) is 16.4. The summed E-state index contributed by atoms with van der Waals surface area (Å²) in [7, 11) is 0. The molecular weight excluding hydrogens is 366 g/mol. The van der Waals surface area contributed by atoms with Crippen molar-refractivity contribution >= 4 is 11.5 Å². The van der Waals surface area contributed by atoms with Crippen LogP contribution in [0.15, 0.2) is 54.6 Å². The summed E-state index contributed by atoms with van der Waals surface area (Å²) in [5.74, 6) is 6.89. The van der Waals surface area contributed by atoms with Crippen LogP contribution < -0.4 is 4.90 Å². The van der Waals surface area contributed by atoms with E-state index in [0.29, 0.717) is 18.9 Å². The molecule has 0 aliphatic carbocycles. The van der Waals surface area contributed by atoms with Crippen LogP contribution in [0.25, 0.3) is 0 Å². The van der Waals surface area contributed by atoms with Crippen LogP contribution in [0.2, 0.25) is 0 Å². The second kappa shape index (κ2) is 8.06. The van der Waals surface area contributed by atoms with E-state index in [1.165, 1.54) is 6.07 Å². The molecule has 0 bridgehead atoms. The molecule has 0 radical (unpaired) electrons. The third-order valence-electron chi connectivity index (χ3n) is 5.40. The lowest BCUT2D eigenvalue weighted by atomic mass is 9.88. The third-order valence-corrected chi connectivity index (χ3v) is 5.40. The number of anilines is 1. The average Bonchev–Trinajstić information content (AvgIpc) is 2.73. The molecule has 2 aliphatic heterocycles. The average molecular weight is 389 g/mol. The van der Waals surface area contributed by atoms with Crippen LogP contribution in [-0.2, 0) is 4.74 Å². The number of ether oxygens (including phenoxy) is 1. The molecule has 1 aromatic carbocycles. The Bertz CT molecular complexity index is 983. The van der Waals surface area contributed by atoms with E-state index in [0.717, 1.165) is 30.5 Å². The second-order valence-electron chi connectivity index (χ2n) is 7.48. The van der Waals surface area contributed by atoms with E-state index in [1.54, 1.807) is 6.07 Å². The number of hydrogen-bond acceptors (Lipinski definition) is 5. The molecule has 148 valence electrons. The van der Waals surface area contributed by atoms with Crippen molar-refractivity contribution in [3.63, 3.8) is 0 Å². The quantitative estimate of drug-likeness (QED) is 0.336. The lowest BCUT2D eigenvalue weighted by Crippen LogP contribution is -2.48. The van der Waals surface area contributed by atoms with Crippen LogP contribution in [0.5, 0.6) is 0 Å². The summed E-state index contributed by atoms with van der Waals surface area (Å²) in [6.45, 7) is 3.16. The zero-order chi connectivity index (χ0) is 20.3. The number of aromatic nitrogens is 1. The molecule has 1 atom stereocenters. The molecule has 0 saturated carbocycles. The lowest BCUT2D eigenvalue weighted by Gasteiger charge is -2.43. The van der Waals surface area contributed by atoms with Gasteiger partial charge in [-0.3, -0.25) is 10.1 Å². The number of nitro groups is 1. The van der Waals surface area contributed by atoms with Gasteiger partial charge in [0.05, 0.1) is 10.5 Å². The maximum absolute atomic E-state index is 11.4. The first-order valence-electron chi connectivity index (χ1n) is 9.84. The summed E-state index contributed by atoms with van der Waals surface area (Å²) in [5.41, 5.74) is 1.45. The highest BCUT2D eigenvalue weighted by Crippen LogP contribution is 2.36. The molecule has 1 fully saturated rings. The van der Waals surface area contributed by atoms with Crippen LogP contribution in [0.1, 0.15) is 30.5 Å². The van der Waals surface area contributed by atoms with Crippen LogP contribution >= 0.6 is 0 Å². The van der Waals surface area contributed by atoms with Gasteiger partial charge in [0.1, 0.15) is 6.10 Å². The van der Waals surface area contributed by atoms with Gasteiger partial charge in [-0.2, -0.15) is 0 Å². The van der Waals surface area contributed by atoms with E-state index in [4.69, 9.17) is 4.74 Å². The highest BCUT2D eigenvalue weighted by molar-refractivity contribution is 5.58. The third kappa shape index (κ3) is 4.30. The lowest BCUT2D eigenvalue weighted by molar-refractivity contribution is -0.384. The first-order valence-corrected chi connectivity index (χ1v) is 9.84. The Kier molecular flexibility index (Phi) is 5.32. The molecule has 0 amide bonds. The fraction of sp³-hybridized carbons (Fsp3) is 0.348. The first kappa shape index (κ1) is 19.2. The molecule has 4 rings (SSSR count). The fourth-order valence-corrected chi connectivity index (χ4v) is 3.84. The SMILES string of the molecule is Cc1ccc([N+](=O)[O-])c(N2CCC3(C=CCC(C#Cc4ccccc4)O3)CC2)n1. The molecule has 6 nitrogen and oxygen atoms in total. The summed E-state index contributed by atoms with van der Waals surface area (Å²) < 4.78 is 6.38. The van der Waals surface area contributed by atoms with Crippen LogP contribution in [0.4, 0.5) is 11.5 Å². The summed E-state index contributed by atoms with van der Waals surface area (Å²) in [4.78, 5) is 17.5. The highest BCUT2D eigenvalue weighted by atomic mass is 16.6. The van der Waals surface area contributed by atoms with Crippen molar-refractivity contribution in [1.29, 1.82) is 0 Å². The zero-order valence-corrected chi connectivity index (χ0v) is 16.4. The largest absolute Gasteiger partial charge is 0.355 e. The number of nitrogens with zero attached hydrogens (tertiary/aromatic N) is 3. The topological polar surface area (TPSA) is 68.5 Å². The van der Waals surface area contributed by atoms with E-state index in [-0.39, 0.29) is 22.3 Å². The molecule has 2 aliphatic rings. The Hall–Kier alpha value is -3.17. The Labute approximate surface area is 170 Å². The van der Waals surface area contributed by atoms with Gasteiger partial charge in [0.15, 0.2) is 0 Å². The standard InChI is InChI=1S/C23H23N3O3/c1-18-9-12-21(26(27)28)22(24-18)25-16-14-23(15-17-25)13-5-8-20(29-23)11-10-19-6-3-2-4-7-19/h2-7,9,12-13,20H,8,14-17H2,1H3. The number of piperidine rings is 1. The van der Waals surface area contributed by atoms with Gasteiger partial charge in [0.25, 0.3) is 0 Å². The van der Waals surface area contributed by atoms with Gasteiger partial charge >= 0.3 is 5.69 Å². The maximum atomic E-state index is 11.4. The van der Waals surface area contributed by atoms with Crippen LogP contribution in [0.3, 0.4) is 0 Å². The van der Waals surface area contributed by atoms with Crippen molar-refractivity contribution < 1.29 is 9.66 Å². The van der Waals surface area contributed by atoms with Crippen molar-refractivity contribution in [1.82, 2.24) is 4.98 Å². The Morgan fingerprint density at radius 3 is 2.69 bits per heavy atom. The van der Waals surface area contributed by atoms with E-state index in [1.807, 2.05) is 42.2 Å². The molecule has 1 unspecified atom stereocenters. The maximum Gasteiger partial charge on any atom is 0.311 e. The smallest absolute Gasteiger partial charge is 0.311 e. The normalized spacial score (nSPS) is 20.2. The highest BCUT2D eigenvalue weighted by Gasteiger charge is 2.38. The minimum absolute atomic E-state index is 0.0539. The van der Waals surface area contributed by atoms with Gasteiger partial charge in [0, 0.05) is 36.8 Å². The number of pyridine rings is 1. The van der Waals surface area contributed by atoms with Gasteiger partial charge < -0.3 is 9.64 Å². The molecule has 3 heterocycles. The molecule has 1 saturated heterocycles. The van der Waals surface area contributed by atoms with Gasteiger partial charge in [-0.05, 0) is 38.0 Å². The van der Waals surface area contributed by atoms with Crippen molar-refractivity contribution in [2.24, 2.45) is 0 Å². The number of benzene rings is 1. The van der Waals surface area contributed by atoms with Crippen molar-refractivity contribution in [3.8, 4) is 11.8 Å².